The summed E-state index contributed by atoms with van der Waals surface area (Å²) in [5, 5.41) is 2.79. The number of carbonyl (C=O) groups excluding carboxylic acids is 1. The van der Waals surface area contributed by atoms with Gasteiger partial charge < -0.3 is 15.8 Å². The molecular formula is C11H22N2O2S. The highest BCUT2D eigenvalue weighted by molar-refractivity contribution is 7.80. The van der Waals surface area contributed by atoms with Crippen LogP contribution in [0.4, 0.5) is 0 Å². The van der Waals surface area contributed by atoms with Crippen LogP contribution >= 0.6 is 12.2 Å². The van der Waals surface area contributed by atoms with Crippen molar-refractivity contribution in [2.75, 3.05) is 19.8 Å². The van der Waals surface area contributed by atoms with Crippen LogP contribution in [0, 0.1) is 5.41 Å². The molecule has 0 spiro atoms. The fourth-order valence-electron chi connectivity index (χ4n) is 0.906. The van der Waals surface area contributed by atoms with Gasteiger partial charge in [0.15, 0.2) is 0 Å². The second kappa shape index (κ2) is 7.57. The molecule has 5 heteroatoms. The van der Waals surface area contributed by atoms with Gasteiger partial charge in [0.05, 0.1) is 11.6 Å². The maximum atomic E-state index is 11.4. The molecule has 0 saturated heterocycles. The van der Waals surface area contributed by atoms with Crippen LogP contribution < -0.4 is 11.1 Å². The second-order valence-electron chi connectivity index (χ2n) is 4.39. The van der Waals surface area contributed by atoms with Gasteiger partial charge in [-0.15, -0.1) is 0 Å². The Morgan fingerprint density at radius 3 is 2.56 bits per heavy atom. The van der Waals surface area contributed by atoms with Gasteiger partial charge in [-0.05, 0) is 6.42 Å². The highest BCUT2D eigenvalue weighted by Gasteiger charge is 2.21. The van der Waals surface area contributed by atoms with Crippen molar-refractivity contribution in [3.63, 3.8) is 0 Å². The Balaban J connectivity index is 3.69. The van der Waals surface area contributed by atoms with Gasteiger partial charge in [0, 0.05) is 25.0 Å². The van der Waals surface area contributed by atoms with E-state index in [0.29, 0.717) is 31.2 Å². The van der Waals surface area contributed by atoms with E-state index in [1.807, 2.05) is 20.8 Å². The Labute approximate surface area is 103 Å². The first-order valence-corrected chi connectivity index (χ1v) is 5.95. The fourth-order valence-corrected chi connectivity index (χ4v) is 0.978. The Morgan fingerprint density at radius 1 is 1.44 bits per heavy atom. The first-order valence-electron chi connectivity index (χ1n) is 5.54. The van der Waals surface area contributed by atoms with E-state index in [4.69, 9.17) is 22.7 Å². The summed E-state index contributed by atoms with van der Waals surface area (Å²) in [5.41, 5.74) is 5.21. The lowest BCUT2D eigenvalue weighted by molar-refractivity contribution is -0.122. The van der Waals surface area contributed by atoms with Gasteiger partial charge in [-0.25, -0.2) is 0 Å². The van der Waals surface area contributed by atoms with E-state index in [1.165, 1.54) is 0 Å². The largest absolute Gasteiger partial charge is 0.393 e. The minimum Gasteiger partial charge on any atom is -0.393 e. The molecule has 0 saturated carbocycles. The number of amides is 1. The summed E-state index contributed by atoms with van der Waals surface area (Å²) in [6, 6.07) is 0. The van der Waals surface area contributed by atoms with Crippen molar-refractivity contribution in [3.05, 3.63) is 0 Å². The summed E-state index contributed by atoms with van der Waals surface area (Å²) in [6.45, 7) is 7.48. The number of ether oxygens (including phenoxy) is 1. The van der Waals surface area contributed by atoms with Crippen molar-refractivity contribution in [3.8, 4) is 0 Å². The molecule has 94 valence electrons. The van der Waals surface area contributed by atoms with Crippen LogP contribution in [-0.2, 0) is 9.53 Å². The van der Waals surface area contributed by atoms with Gasteiger partial charge >= 0.3 is 0 Å². The molecular weight excluding hydrogens is 224 g/mol. The molecule has 3 N–H and O–H groups in total. The highest BCUT2D eigenvalue weighted by Crippen LogP contribution is 2.13. The summed E-state index contributed by atoms with van der Waals surface area (Å²) in [7, 11) is 0. The van der Waals surface area contributed by atoms with Crippen molar-refractivity contribution in [1.29, 1.82) is 0 Å². The molecule has 0 aromatic rings. The number of nitrogens with one attached hydrogen (secondary N) is 1. The zero-order valence-electron chi connectivity index (χ0n) is 10.3. The minimum absolute atomic E-state index is 0.0274. The Hall–Kier alpha value is -0.680. The SMILES string of the molecule is CCCOCCC(=O)NCC(C)(C)C(N)=S. The molecule has 1 amide bonds. The number of carbonyl (C=O) groups is 1. The normalized spacial score (nSPS) is 11.2. The summed E-state index contributed by atoms with van der Waals surface area (Å²) < 4.78 is 5.22. The molecule has 0 fully saturated rings. The van der Waals surface area contributed by atoms with Crippen molar-refractivity contribution in [2.45, 2.75) is 33.6 Å². The molecule has 16 heavy (non-hydrogen) atoms. The zero-order valence-corrected chi connectivity index (χ0v) is 11.2. The first kappa shape index (κ1) is 15.3. The smallest absolute Gasteiger partial charge is 0.222 e. The molecule has 0 aliphatic carbocycles. The Bertz CT molecular complexity index is 242. The number of rotatable bonds is 8. The summed E-state index contributed by atoms with van der Waals surface area (Å²) in [6.07, 6.45) is 1.35. The fraction of sp³-hybridized carbons (Fsp3) is 0.818. The molecule has 0 heterocycles. The van der Waals surface area contributed by atoms with Gasteiger partial charge in [0.1, 0.15) is 0 Å². The van der Waals surface area contributed by atoms with Gasteiger partial charge in [-0.3, -0.25) is 4.79 Å². The van der Waals surface area contributed by atoms with Crippen LogP contribution in [0.25, 0.3) is 0 Å². The summed E-state index contributed by atoms with van der Waals surface area (Å²) in [5.74, 6) is -0.0274. The lowest BCUT2D eigenvalue weighted by atomic mass is 9.93. The van der Waals surface area contributed by atoms with E-state index in [9.17, 15) is 4.79 Å². The number of hydrogen-bond acceptors (Lipinski definition) is 3. The van der Waals surface area contributed by atoms with Crippen molar-refractivity contribution in [2.24, 2.45) is 11.1 Å². The average Bonchev–Trinajstić information content (AvgIpc) is 2.21. The van der Waals surface area contributed by atoms with E-state index < -0.39 is 0 Å². The second-order valence-corrected chi connectivity index (χ2v) is 4.83. The first-order chi connectivity index (χ1) is 7.40. The Kier molecular flexibility index (Phi) is 7.25. The third-order valence-electron chi connectivity index (χ3n) is 2.22. The maximum absolute atomic E-state index is 11.4. The molecule has 0 aromatic carbocycles. The highest BCUT2D eigenvalue weighted by atomic mass is 32.1. The molecule has 4 nitrogen and oxygen atoms in total. The lowest BCUT2D eigenvalue weighted by Gasteiger charge is -2.23. The van der Waals surface area contributed by atoms with E-state index in [0.717, 1.165) is 6.42 Å². The third-order valence-corrected chi connectivity index (χ3v) is 2.77. The van der Waals surface area contributed by atoms with Crippen molar-refractivity contribution < 1.29 is 9.53 Å². The van der Waals surface area contributed by atoms with Gasteiger partial charge in [0.25, 0.3) is 0 Å². The number of hydrogen-bond donors (Lipinski definition) is 2. The van der Waals surface area contributed by atoms with Gasteiger partial charge in [-0.2, -0.15) is 0 Å². The molecule has 0 aliphatic heterocycles. The van der Waals surface area contributed by atoms with Crippen LogP contribution in [-0.4, -0.2) is 30.7 Å². The van der Waals surface area contributed by atoms with E-state index >= 15 is 0 Å². The summed E-state index contributed by atoms with van der Waals surface area (Å²) >= 11 is 4.91. The topological polar surface area (TPSA) is 64.3 Å². The monoisotopic (exact) mass is 246 g/mol. The van der Waals surface area contributed by atoms with Crippen molar-refractivity contribution >= 4 is 23.1 Å². The van der Waals surface area contributed by atoms with Crippen LogP contribution in [0.5, 0.6) is 0 Å². The van der Waals surface area contributed by atoms with Crippen LogP contribution in [0.1, 0.15) is 33.6 Å². The van der Waals surface area contributed by atoms with Gasteiger partial charge in [-0.1, -0.05) is 33.0 Å². The third kappa shape index (κ3) is 6.74. The van der Waals surface area contributed by atoms with Crippen LogP contribution in [0.3, 0.4) is 0 Å². The van der Waals surface area contributed by atoms with E-state index in [-0.39, 0.29) is 11.3 Å². The maximum Gasteiger partial charge on any atom is 0.222 e. The molecule has 0 bridgehead atoms. The number of thiocarbonyl (C=S) groups is 1. The van der Waals surface area contributed by atoms with Crippen molar-refractivity contribution in [1.82, 2.24) is 5.32 Å². The van der Waals surface area contributed by atoms with Crippen LogP contribution in [0.15, 0.2) is 0 Å². The van der Waals surface area contributed by atoms with Gasteiger partial charge in [0.2, 0.25) is 5.91 Å². The molecule has 0 unspecified atom stereocenters. The minimum atomic E-state index is -0.338. The zero-order chi connectivity index (χ0) is 12.6. The Morgan fingerprint density at radius 2 is 2.06 bits per heavy atom. The molecule has 0 rings (SSSR count). The van der Waals surface area contributed by atoms with E-state index in [1.54, 1.807) is 0 Å². The molecule has 0 radical (unpaired) electrons. The molecule has 0 aromatic heterocycles. The average molecular weight is 246 g/mol. The van der Waals surface area contributed by atoms with E-state index in [2.05, 4.69) is 5.32 Å². The predicted molar refractivity (Wildman–Crippen MR) is 69.3 cm³/mol. The molecule has 0 aliphatic rings. The number of nitrogens with two attached hydrogens (primary N) is 1. The van der Waals surface area contributed by atoms with Crippen LogP contribution in [0.2, 0.25) is 0 Å². The standard InChI is InChI=1S/C11H22N2O2S/c1-4-6-15-7-5-9(14)13-8-11(2,3)10(12)16/h4-8H2,1-3H3,(H2,12,16)(H,13,14). The molecule has 0 atom stereocenters. The lowest BCUT2D eigenvalue weighted by Crippen LogP contribution is -2.41. The quantitative estimate of drug-likeness (QED) is 0.499. The predicted octanol–water partition coefficient (Wildman–Crippen LogP) is 1.23. The summed E-state index contributed by atoms with van der Waals surface area (Å²) in [4.78, 5) is 11.8.